The summed E-state index contributed by atoms with van der Waals surface area (Å²) in [6.45, 7) is 3.67. The molecule has 0 saturated carbocycles. The average Bonchev–Trinajstić information content (AvgIpc) is 2.48. The second kappa shape index (κ2) is 5.50. The van der Waals surface area contributed by atoms with Crippen LogP contribution in [-0.2, 0) is 4.74 Å². The van der Waals surface area contributed by atoms with Crippen molar-refractivity contribution in [2.45, 2.75) is 18.4 Å². The van der Waals surface area contributed by atoms with Crippen LogP contribution in [0.1, 0.15) is 23.2 Å². The molecule has 3 rings (SSSR count). The molecule has 0 radical (unpaired) electrons. The zero-order valence-electron chi connectivity index (χ0n) is 11.4. The molecule has 2 fully saturated rings. The number of hydrogen-bond donors (Lipinski definition) is 1. The lowest BCUT2D eigenvalue weighted by Crippen LogP contribution is -2.57. The first-order valence-electron chi connectivity index (χ1n) is 7.08. The molecule has 1 amide bonds. The fraction of sp³-hybridized carbons (Fsp3) is 0.533. The van der Waals surface area contributed by atoms with Gasteiger partial charge in [-0.15, -0.1) is 0 Å². The molecule has 5 heteroatoms. The summed E-state index contributed by atoms with van der Waals surface area (Å²) in [5.41, 5.74) is 0.344. The number of ether oxygens (including phenoxy) is 1. The summed E-state index contributed by atoms with van der Waals surface area (Å²) in [6, 6.07) is 5.74. The smallest absolute Gasteiger partial charge is 0.254 e. The lowest BCUT2D eigenvalue weighted by atomic mass is 9.90. The molecule has 2 aliphatic rings. The van der Waals surface area contributed by atoms with Gasteiger partial charge < -0.3 is 15.0 Å². The van der Waals surface area contributed by atoms with Gasteiger partial charge in [-0.1, -0.05) is 0 Å². The van der Waals surface area contributed by atoms with Crippen molar-refractivity contribution in [2.75, 3.05) is 32.8 Å². The van der Waals surface area contributed by atoms with E-state index in [1.54, 1.807) is 12.1 Å². The van der Waals surface area contributed by atoms with Crippen molar-refractivity contribution in [1.29, 1.82) is 0 Å². The third-order valence-corrected chi connectivity index (χ3v) is 4.14. The number of piperidine rings is 1. The summed E-state index contributed by atoms with van der Waals surface area (Å²) < 4.78 is 18.9. The maximum Gasteiger partial charge on any atom is 0.254 e. The molecule has 1 aromatic carbocycles. The van der Waals surface area contributed by atoms with E-state index in [4.69, 9.17) is 4.74 Å². The predicted molar refractivity (Wildman–Crippen MR) is 73.1 cm³/mol. The van der Waals surface area contributed by atoms with Crippen LogP contribution < -0.4 is 5.32 Å². The molecule has 2 heterocycles. The highest BCUT2D eigenvalue weighted by Crippen LogP contribution is 2.28. The van der Waals surface area contributed by atoms with Crippen molar-refractivity contribution >= 4 is 5.91 Å². The first-order chi connectivity index (χ1) is 9.69. The van der Waals surface area contributed by atoms with E-state index in [1.807, 2.05) is 4.90 Å². The van der Waals surface area contributed by atoms with Crippen LogP contribution in [0.4, 0.5) is 4.39 Å². The summed E-state index contributed by atoms with van der Waals surface area (Å²) in [7, 11) is 0. The third-order valence-electron chi connectivity index (χ3n) is 4.14. The van der Waals surface area contributed by atoms with Gasteiger partial charge in [0.25, 0.3) is 5.91 Å². The maximum absolute atomic E-state index is 12.9. The minimum absolute atomic E-state index is 0.0359. The van der Waals surface area contributed by atoms with E-state index in [0.717, 1.165) is 25.9 Å². The van der Waals surface area contributed by atoms with Crippen LogP contribution in [-0.4, -0.2) is 49.2 Å². The minimum atomic E-state index is -0.321. The number of nitrogens with zero attached hydrogens (tertiary/aromatic N) is 1. The average molecular weight is 278 g/mol. The summed E-state index contributed by atoms with van der Waals surface area (Å²) >= 11 is 0. The standard InChI is InChI=1S/C15H19FN2O2/c16-13-3-1-12(2-4-13)14(19)18-9-10-20-15(11-18)5-7-17-8-6-15/h1-4,17H,5-11H2. The van der Waals surface area contributed by atoms with Gasteiger partial charge in [-0.2, -0.15) is 0 Å². The fourth-order valence-corrected chi connectivity index (χ4v) is 2.98. The van der Waals surface area contributed by atoms with Crippen LogP contribution in [0.15, 0.2) is 24.3 Å². The molecule has 0 atom stereocenters. The molecule has 0 bridgehead atoms. The maximum atomic E-state index is 12.9. The molecule has 1 aromatic rings. The highest BCUT2D eigenvalue weighted by molar-refractivity contribution is 5.94. The molecule has 1 spiro atoms. The zero-order chi connectivity index (χ0) is 14.0. The predicted octanol–water partition coefficient (Wildman–Crippen LogP) is 1.42. The number of benzene rings is 1. The molecule has 0 aromatic heterocycles. The van der Waals surface area contributed by atoms with Crippen LogP contribution in [0.25, 0.3) is 0 Å². The highest BCUT2D eigenvalue weighted by atomic mass is 19.1. The largest absolute Gasteiger partial charge is 0.371 e. The molecule has 0 aliphatic carbocycles. The van der Waals surface area contributed by atoms with E-state index in [2.05, 4.69) is 5.32 Å². The Labute approximate surface area is 117 Å². The summed E-state index contributed by atoms with van der Waals surface area (Å²) in [6.07, 6.45) is 1.86. The fourth-order valence-electron chi connectivity index (χ4n) is 2.98. The quantitative estimate of drug-likeness (QED) is 0.845. The Morgan fingerprint density at radius 1 is 1.25 bits per heavy atom. The third kappa shape index (κ3) is 2.69. The molecular weight excluding hydrogens is 259 g/mol. The van der Waals surface area contributed by atoms with Crippen LogP contribution in [0, 0.1) is 5.82 Å². The number of morpholine rings is 1. The van der Waals surface area contributed by atoms with E-state index >= 15 is 0 Å². The zero-order valence-corrected chi connectivity index (χ0v) is 11.4. The number of rotatable bonds is 1. The molecule has 108 valence electrons. The van der Waals surface area contributed by atoms with E-state index in [0.29, 0.717) is 25.3 Å². The van der Waals surface area contributed by atoms with Crippen molar-refractivity contribution in [2.24, 2.45) is 0 Å². The van der Waals surface area contributed by atoms with Crippen molar-refractivity contribution in [1.82, 2.24) is 10.2 Å². The summed E-state index contributed by atoms with van der Waals surface area (Å²) in [4.78, 5) is 14.3. The van der Waals surface area contributed by atoms with E-state index in [1.165, 1.54) is 12.1 Å². The monoisotopic (exact) mass is 278 g/mol. The second-order valence-corrected chi connectivity index (χ2v) is 5.52. The van der Waals surface area contributed by atoms with Gasteiger partial charge in [-0.25, -0.2) is 4.39 Å². The lowest BCUT2D eigenvalue weighted by molar-refractivity contribution is -0.114. The molecule has 4 nitrogen and oxygen atoms in total. The first-order valence-corrected chi connectivity index (χ1v) is 7.08. The van der Waals surface area contributed by atoms with Gasteiger partial charge in [0.2, 0.25) is 0 Å². The molecule has 2 aliphatic heterocycles. The van der Waals surface area contributed by atoms with E-state index < -0.39 is 0 Å². The van der Waals surface area contributed by atoms with Crippen LogP contribution in [0.5, 0.6) is 0 Å². The Morgan fingerprint density at radius 2 is 1.95 bits per heavy atom. The Hall–Kier alpha value is -1.46. The van der Waals surface area contributed by atoms with Crippen LogP contribution >= 0.6 is 0 Å². The minimum Gasteiger partial charge on any atom is -0.371 e. The SMILES string of the molecule is O=C(c1ccc(F)cc1)N1CCOC2(CCNCC2)C1. The topological polar surface area (TPSA) is 41.6 Å². The summed E-state index contributed by atoms with van der Waals surface area (Å²) in [5, 5.41) is 3.31. The van der Waals surface area contributed by atoms with Crippen LogP contribution in [0.3, 0.4) is 0 Å². The number of carbonyl (C=O) groups excluding carboxylic acids is 1. The van der Waals surface area contributed by atoms with Gasteiger partial charge in [-0.3, -0.25) is 4.79 Å². The normalized spacial score (nSPS) is 21.9. The molecule has 1 N–H and O–H groups in total. The van der Waals surface area contributed by atoms with Crippen LogP contribution in [0.2, 0.25) is 0 Å². The van der Waals surface area contributed by atoms with Crippen molar-refractivity contribution in [3.63, 3.8) is 0 Å². The van der Waals surface area contributed by atoms with Gasteiger partial charge in [-0.05, 0) is 50.2 Å². The number of nitrogens with one attached hydrogen (secondary N) is 1. The number of halogens is 1. The molecular formula is C15H19FN2O2. The van der Waals surface area contributed by atoms with Gasteiger partial charge in [0.1, 0.15) is 5.82 Å². The number of carbonyl (C=O) groups is 1. The Morgan fingerprint density at radius 3 is 2.65 bits per heavy atom. The second-order valence-electron chi connectivity index (χ2n) is 5.52. The van der Waals surface area contributed by atoms with Gasteiger partial charge in [0.05, 0.1) is 18.8 Å². The molecule has 20 heavy (non-hydrogen) atoms. The van der Waals surface area contributed by atoms with Gasteiger partial charge in [0, 0.05) is 12.1 Å². The summed E-state index contributed by atoms with van der Waals surface area (Å²) in [5.74, 6) is -0.357. The van der Waals surface area contributed by atoms with Gasteiger partial charge in [0.15, 0.2) is 0 Å². The Kier molecular flexibility index (Phi) is 3.72. The van der Waals surface area contributed by atoms with Crippen molar-refractivity contribution < 1.29 is 13.9 Å². The van der Waals surface area contributed by atoms with Crippen molar-refractivity contribution in [3.8, 4) is 0 Å². The molecule has 0 unspecified atom stereocenters. The highest BCUT2D eigenvalue weighted by Gasteiger charge is 2.39. The first kappa shape index (κ1) is 13.5. The van der Waals surface area contributed by atoms with E-state index in [-0.39, 0.29) is 17.3 Å². The Bertz CT molecular complexity index is 478. The van der Waals surface area contributed by atoms with Crippen molar-refractivity contribution in [3.05, 3.63) is 35.6 Å². The van der Waals surface area contributed by atoms with E-state index in [9.17, 15) is 9.18 Å². The lowest BCUT2D eigenvalue weighted by Gasteiger charge is -2.45. The Balaban J connectivity index is 1.73. The van der Waals surface area contributed by atoms with Gasteiger partial charge >= 0.3 is 0 Å². The number of amides is 1. The molecule has 2 saturated heterocycles. The number of hydrogen-bond acceptors (Lipinski definition) is 3.